The molecule has 0 radical (unpaired) electrons. The molecule has 0 bridgehead atoms. The minimum absolute atomic E-state index is 0.0545. The van der Waals surface area contributed by atoms with E-state index in [0.29, 0.717) is 22.6 Å². The fourth-order valence-electron chi connectivity index (χ4n) is 2.05. The number of aromatic carboxylic acids is 1. The van der Waals surface area contributed by atoms with Crippen molar-refractivity contribution in [3.63, 3.8) is 0 Å². The molecule has 0 amide bonds. The molecule has 21 heavy (non-hydrogen) atoms. The number of carboxylic acids is 1. The summed E-state index contributed by atoms with van der Waals surface area (Å²) in [6.07, 6.45) is 1.49. The highest BCUT2D eigenvalue weighted by Gasteiger charge is 2.17. The molecule has 2 rings (SSSR count). The molecule has 1 aromatic heterocycles. The van der Waals surface area contributed by atoms with Crippen molar-refractivity contribution in [2.24, 2.45) is 7.05 Å². The van der Waals surface area contributed by atoms with Gasteiger partial charge in [0.05, 0.1) is 14.2 Å². The Balaban J connectivity index is 2.40. The molecule has 110 valence electrons. The first-order valence-electron chi connectivity index (χ1n) is 6.14. The third-order valence-electron chi connectivity index (χ3n) is 3.13. The standard InChI is InChI=1S/C15H15NO5/c1-16-8-10(6-11(16)15(18)19)14(17)9-4-5-12(20-2)13(7-9)21-3/h4-8H,1-3H3,(H,18,19). The largest absolute Gasteiger partial charge is 0.493 e. The first-order valence-corrected chi connectivity index (χ1v) is 6.14. The molecule has 1 N–H and O–H groups in total. The fraction of sp³-hybridized carbons (Fsp3) is 0.200. The second-order valence-electron chi connectivity index (χ2n) is 4.43. The lowest BCUT2D eigenvalue weighted by Crippen LogP contribution is -2.02. The maximum Gasteiger partial charge on any atom is 0.352 e. The van der Waals surface area contributed by atoms with E-state index in [1.54, 1.807) is 25.2 Å². The number of ketones is 1. The van der Waals surface area contributed by atoms with Gasteiger partial charge in [-0.3, -0.25) is 4.79 Å². The summed E-state index contributed by atoms with van der Waals surface area (Å²) in [6, 6.07) is 6.15. The van der Waals surface area contributed by atoms with Crippen LogP contribution in [0, 0.1) is 0 Å². The second kappa shape index (κ2) is 5.70. The molecule has 0 saturated carbocycles. The van der Waals surface area contributed by atoms with Crippen molar-refractivity contribution < 1.29 is 24.2 Å². The maximum absolute atomic E-state index is 12.4. The predicted octanol–water partition coefficient (Wildman–Crippen LogP) is 1.97. The molecule has 1 heterocycles. The number of carbonyl (C=O) groups is 2. The van der Waals surface area contributed by atoms with E-state index in [2.05, 4.69) is 0 Å². The molecule has 0 fully saturated rings. The van der Waals surface area contributed by atoms with E-state index in [-0.39, 0.29) is 11.5 Å². The Morgan fingerprint density at radius 2 is 1.71 bits per heavy atom. The maximum atomic E-state index is 12.4. The molecule has 0 aliphatic heterocycles. The number of aryl methyl sites for hydroxylation is 1. The highest BCUT2D eigenvalue weighted by molar-refractivity contribution is 6.10. The van der Waals surface area contributed by atoms with E-state index >= 15 is 0 Å². The zero-order valence-corrected chi connectivity index (χ0v) is 11.9. The van der Waals surface area contributed by atoms with E-state index in [9.17, 15) is 9.59 Å². The van der Waals surface area contributed by atoms with Gasteiger partial charge in [-0.15, -0.1) is 0 Å². The molecule has 0 aliphatic carbocycles. The van der Waals surface area contributed by atoms with E-state index < -0.39 is 5.97 Å². The van der Waals surface area contributed by atoms with E-state index in [1.807, 2.05) is 0 Å². The SMILES string of the molecule is COc1ccc(C(=O)c2cc(C(=O)O)n(C)c2)cc1OC. The summed E-state index contributed by atoms with van der Waals surface area (Å²) >= 11 is 0. The smallest absolute Gasteiger partial charge is 0.352 e. The van der Waals surface area contributed by atoms with Crippen LogP contribution in [-0.4, -0.2) is 35.6 Å². The fourth-order valence-corrected chi connectivity index (χ4v) is 2.05. The van der Waals surface area contributed by atoms with Gasteiger partial charge >= 0.3 is 5.97 Å². The average Bonchev–Trinajstić information content (AvgIpc) is 2.87. The molecule has 0 saturated heterocycles. The molecule has 0 atom stereocenters. The van der Waals surface area contributed by atoms with Crippen molar-refractivity contribution in [1.29, 1.82) is 0 Å². The quantitative estimate of drug-likeness (QED) is 0.851. The Bertz CT molecular complexity index is 702. The lowest BCUT2D eigenvalue weighted by atomic mass is 10.1. The monoisotopic (exact) mass is 289 g/mol. The molecule has 6 nitrogen and oxygen atoms in total. The van der Waals surface area contributed by atoms with Crippen molar-refractivity contribution in [3.05, 3.63) is 47.3 Å². The lowest BCUT2D eigenvalue weighted by Gasteiger charge is -2.08. The number of ether oxygens (including phenoxy) is 2. The molecule has 1 aromatic carbocycles. The number of nitrogens with zero attached hydrogens (tertiary/aromatic N) is 1. The van der Waals surface area contributed by atoms with Gasteiger partial charge in [0.25, 0.3) is 0 Å². The van der Waals surface area contributed by atoms with Crippen LogP contribution >= 0.6 is 0 Å². The van der Waals surface area contributed by atoms with Gasteiger partial charge in [0.1, 0.15) is 5.69 Å². The number of methoxy groups -OCH3 is 2. The van der Waals surface area contributed by atoms with Crippen molar-refractivity contribution in [1.82, 2.24) is 4.57 Å². The topological polar surface area (TPSA) is 77.8 Å². The first kappa shape index (κ1) is 14.6. The van der Waals surface area contributed by atoms with E-state index in [1.165, 1.54) is 31.0 Å². The van der Waals surface area contributed by atoms with Gasteiger partial charge in [-0.05, 0) is 24.3 Å². The molecule has 2 aromatic rings. The van der Waals surface area contributed by atoms with Crippen LogP contribution < -0.4 is 9.47 Å². The summed E-state index contributed by atoms with van der Waals surface area (Å²) in [5, 5.41) is 9.01. The van der Waals surface area contributed by atoms with Crippen LogP contribution in [0.25, 0.3) is 0 Å². The van der Waals surface area contributed by atoms with E-state index in [4.69, 9.17) is 14.6 Å². The lowest BCUT2D eigenvalue weighted by molar-refractivity contribution is 0.0686. The zero-order valence-electron chi connectivity index (χ0n) is 11.9. The van der Waals surface area contributed by atoms with Gasteiger partial charge < -0.3 is 19.1 Å². The van der Waals surface area contributed by atoms with Gasteiger partial charge in [-0.25, -0.2) is 4.79 Å². The van der Waals surface area contributed by atoms with Gasteiger partial charge in [-0.2, -0.15) is 0 Å². The van der Waals surface area contributed by atoms with Crippen LogP contribution in [0.3, 0.4) is 0 Å². The summed E-state index contributed by atoms with van der Waals surface area (Å²) in [6.45, 7) is 0. The second-order valence-corrected chi connectivity index (χ2v) is 4.43. The Kier molecular flexibility index (Phi) is 3.98. The van der Waals surface area contributed by atoms with Crippen molar-refractivity contribution >= 4 is 11.8 Å². The Morgan fingerprint density at radius 3 is 2.24 bits per heavy atom. The minimum atomic E-state index is -1.08. The normalized spacial score (nSPS) is 10.2. The molecule has 0 spiro atoms. The van der Waals surface area contributed by atoms with Crippen molar-refractivity contribution in [2.75, 3.05) is 14.2 Å². The van der Waals surface area contributed by atoms with Gasteiger partial charge in [-0.1, -0.05) is 0 Å². The summed E-state index contributed by atoms with van der Waals surface area (Å²) in [4.78, 5) is 23.4. The molecule has 0 aliphatic rings. The van der Waals surface area contributed by atoms with Crippen molar-refractivity contribution in [2.45, 2.75) is 0 Å². The minimum Gasteiger partial charge on any atom is -0.493 e. The van der Waals surface area contributed by atoms with Gasteiger partial charge in [0, 0.05) is 24.4 Å². The highest BCUT2D eigenvalue weighted by Crippen LogP contribution is 2.28. The number of hydrogen-bond donors (Lipinski definition) is 1. The first-order chi connectivity index (χ1) is 9.97. The average molecular weight is 289 g/mol. The van der Waals surface area contributed by atoms with E-state index in [0.717, 1.165) is 0 Å². The summed E-state index contributed by atoms with van der Waals surface area (Å²) < 4.78 is 11.7. The number of hydrogen-bond acceptors (Lipinski definition) is 4. The Labute approximate surface area is 121 Å². The molecule has 0 unspecified atom stereocenters. The Hall–Kier alpha value is -2.76. The van der Waals surface area contributed by atoms with Gasteiger partial charge in [0.2, 0.25) is 0 Å². The predicted molar refractivity (Wildman–Crippen MR) is 75.4 cm³/mol. The third kappa shape index (κ3) is 2.74. The Morgan fingerprint density at radius 1 is 1.05 bits per heavy atom. The number of benzene rings is 1. The molecule has 6 heteroatoms. The highest BCUT2D eigenvalue weighted by atomic mass is 16.5. The summed E-state index contributed by atoms with van der Waals surface area (Å²) in [5.74, 6) is -0.394. The van der Waals surface area contributed by atoms with Crippen LogP contribution in [0.5, 0.6) is 11.5 Å². The van der Waals surface area contributed by atoms with Crippen molar-refractivity contribution in [3.8, 4) is 11.5 Å². The zero-order chi connectivity index (χ0) is 15.6. The molecular weight excluding hydrogens is 274 g/mol. The number of carbonyl (C=O) groups excluding carboxylic acids is 1. The summed E-state index contributed by atoms with van der Waals surface area (Å²) in [7, 11) is 4.57. The number of carboxylic acid groups (broad SMARTS) is 1. The molecular formula is C15H15NO5. The van der Waals surface area contributed by atoms with Crippen LogP contribution in [0.2, 0.25) is 0 Å². The van der Waals surface area contributed by atoms with Crippen LogP contribution in [0.1, 0.15) is 26.4 Å². The number of aromatic nitrogens is 1. The summed E-state index contributed by atoms with van der Waals surface area (Å²) in [5.41, 5.74) is 0.760. The third-order valence-corrected chi connectivity index (χ3v) is 3.13. The van der Waals surface area contributed by atoms with Crippen LogP contribution in [0.15, 0.2) is 30.5 Å². The van der Waals surface area contributed by atoms with Crippen LogP contribution in [-0.2, 0) is 7.05 Å². The van der Waals surface area contributed by atoms with Gasteiger partial charge in [0.15, 0.2) is 17.3 Å². The van der Waals surface area contributed by atoms with Crippen LogP contribution in [0.4, 0.5) is 0 Å². The number of rotatable bonds is 5.